The number of carbonyl (C=O) groups is 1. The summed E-state index contributed by atoms with van der Waals surface area (Å²) in [6, 6.07) is 5.40. The smallest absolute Gasteiger partial charge is 0.226 e. The van der Waals surface area contributed by atoms with Crippen molar-refractivity contribution in [2.45, 2.75) is 25.8 Å². The molecule has 0 aromatic heterocycles. The summed E-state index contributed by atoms with van der Waals surface area (Å²) in [5.74, 6) is 1.71. The highest BCUT2D eigenvalue weighted by Gasteiger charge is 2.52. The average molecular weight is 328 g/mol. The van der Waals surface area contributed by atoms with Crippen LogP contribution in [-0.2, 0) is 11.3 Å². The molecule has 0 radical (unpaired) electrons. The lowest BCUT2D eigenvalue weighted by atomic mass is 10.1. The van der Waals surface area contributed by atoms with Crippen LogP contribution in [0.1, 0.15) is 24.8 Å². The Kier molecular flexibility index (Phi) is 4.43. The summed E-state index contributed by atoms with van der Waals surface area (Å²) in [6.45, 7) is 0.824. The van der Waals surface area contributed by atoms with Crippen molar-refractivity contribution in [2.24, 2.45) is 17.8 Å². The molecule has 5 heteroatoms. The molecule has 1 aromatic rings. The summed E-state index contributed by atoms with van der Waals surface area (Å²) < 4.78 is 0. The monoisotopic (exact) mass is 327 g/mol. The molecular weight excluding hydrogens is 309 g/mol. The van der Waals surface area contributed by atoms with Gasteiger partial charge in [-0.3, -0.25) is 4.79 Å². The Morgan fingerprint density at radius 3 is 2.67 bits per heavy atom. The van der Waals surface area contributed by atoms with E-state index in [1.54, 1.807) is 17.0 Å². The largest absolute Gasteiger partial charge is 0.395 e. The third kappa shape index (κ3) is 3.53. The van der Waals surface area contributed by atoms with Gasteiger partial charge in [0.15, 0.2) is 0 Å². The minimum atomic E-state index is -0.0200. The van der Waals surface area contributed by atoms with Gasteiger partial charge in [0.1, 0.15) is 0 Å². The van der Waals surface area contributed by atoms with Crippen LogP contribution in [0.4, 0.5) is 0 Å². The van der Waals surface area contributed by atoms with E-state index in [2.05, 4.69) is 0 Å². The molecule has 0 spiro atoms. The van der Waals surface area contributed by atoms with Gasteiger partial charge >= 0.3 is 0 Å². The summed E-state index contributed by atoms with van der Waals surface area (Å²) in [4.78, 5) is 14.3. The molecular formula is C16H19Cl2NO2. The Balaban J connectivity index is 1.66. The fraction of sp³-hybridized carbons (Fsp3) is 0.562. The van der Waals surface area contributed by atoms with Gasteiger partial charge < -0.3 is 10.0 Å². The lowest BCUT2D eigenvalue weighted by molar-refractivity contribution is -0.134. The number of amides is 1. The first-order valence-electron chi connectivity index (χ1n) is 7.43. The Morgan fingerprint density at radius 2 is 2.05 bits per heavy atom. The SMILES string of the molecule is O=C(C1CC1C1CC1)N(CCO)Cc1ccc(Cl)c(Cl)c1. The van der Waals surface area contributed by atoms with Crippen LogP contribution < -0.4 is 0 Å². The number of aliphatic hydroxyl groups is 1. The first-order valence-corrected chi connectivity index (χ1v) is 8.19. The summed E-state index contributed by atoms with van der Waals surface area (Å²) in [5.41, 5.74) is 0.940. The van der Waals surface area contributed by atoms with Gasteiger partial charge in [-0.15, -0.1) is 0 Å². The van der Waals surface area contributed by atoms with Crippen molar-refractivity contribution in [3.63, 3.8) is 0 Å². The van der Waals surface area contributed by atoms with Gasteiger partial charge in [-0.1, -0.05) is 29.3 Å². The molecule has 2 fully saturated rings. The van der Waals surface area contributed by atoms with Crippen LogP contribution in [0.2, 0.25) is 10.0 Å². The molecule has 0 saturated heterocycles. The maximum atomic E-state index is 12.6. The minimum absolute atomic E-state index is 0.0200. The average Bonchev–Trinajstić information content (AvgIpc) is 3.33. The fourth-order valence-corrected chi connectivity index (χ4v) is 3.35. The second kappa shape index (κ2) is 6.15. The van der Waals surface area contributed by atoms with E-state index in [9.17, 15) is 9.90 Å². The minimum Gasteiger partial charge on any atom is -0.395 e. The standard InChI is InChI=1S/C16H19Cl2NO2/c17-14-4-1-10(7-15(14)18)9-19(5-6-20)16(21)13-8-12(13)11-2-3-11/h1,4,7,11-13,20H,2-3,5-6,8-9H2. The zero-order chi connectivity index (χ0) is 15.0. The van der Waals surface area contributed by atoms with Crippen LogP contribution in [0.5, 0.6) is 0 Å². The van der Waals surface area contributed by atoms with Crippen LogP contribution in [0.3, 0.4) is 0 Å². The van der Waals surface area contributed by atoms with Crippen molar-refractivity contribution in [2.75, 3.05) is 13.2 Å². The van der Waals surface area contributed by atoms with Crippen LogP contribution in [0, 0.1) is 17.8 Å². The van der Waals surface area contributed by atoms with Gasteiger partial charge in [0.2, 0.25) is 5.91 Å². The van der Waals surface area contributed by atoms with Gasteiger partial charge in [0.25, 0.3) is 0 Å². The van der Waals surface area contributed by atoms with Crippen molar-refractivity contribution >= 4 is 29.1 Å². The molecule has 3 nitrogen and oxygen atoms in total. The van der Waals surface area contributed by atoms with Crippen LogP contribution in [0.15, 0.2) is 18.2 Å². The first kappa shape index (κ1) is 15.1. The van der Waals surface area contributed by atoms with Crippen LogP contribution in [-0.4, -0.2) is 29.1 Å². The molecule has 2 atom stereocenters. The van der Waals surface area contributed by atoms with Gasteiger partial charge in [0.05, 0.1) is 16.7 Å². The van der Waals surface area contributed by atoms with Gasteiger partial charge in [0, 0.05) is 19.0 Å². The van der Waals surface area contributed by atoms with E-state index in [0.717, 1.165) is 17.9 Å². The Morgan fingerprint density at radius 1 is 1.29 bits per heavy atom. The van der Waals surface area contributed by atoms with Crippen molar-refractivity contribution in [1.29, 1.82) is 0 Å². The second-order valence-corrected chi connectivity index (χ2v) is 6.89. The number of halogens is 2. The van der Waals surface area contributed by atoms with E-state index in [4.69, 9.17) is 23.2 Å². The van der Waals surface area contributed by atoms with E-state index in [-0.39, 0.29) is 18.4 Å². The summed E-state index contributed by atoms with van der Waals surface area (Å²) in [7, 11) is 0. The quantitative estimate of drug-likeness (QED) is 0.870. The van der Waals surface area contributed by atoms with Crippen molar-refractivity contribution in [1.82, 2.24) is 4.90 Å². The molecule has 2 aliphatic rings. The third-order valence-electron chi connectivity index (χ3n) is 4.42. The van der Waals surface area contributed by atoms with Gasteiger partial charge in [-0.2, -0.15) is 0 Å². The molecule has 2 saturated carbocycles. The molecule has 0 bridgehead atoms. The van der Waals surface area contributed by atoms with E-state index < -0.39 is 0 Å². The number of nitrogens with zero attached hydrogens (tertiary/aromatic N) is 1. The molecule has 2 aliphatic carbocycles. The van der Waals surface area contributed by atoms with E-state index in [1.165, 1.54) is 12.8 Å². The maximum absolute atomic E-state index is 12.6. The zero-order valence-electron chi connectivity index (χ0n) is 11.8. The third-order valence-corrected chi connectivity index (χ3v) is 5.16. The van der Waals surface area contributed by atoms with Crippen LogP contribution >= 0.6 is 23.2 Å². The summed E-state index contributed by atoms with van der Waals surface area (Å²) in [5, 5.41) is 10.2. The molecule has 0 heterocycles. The number of hydrogen-bond acceptors (Lipinski definition) is 2. The molecule has 114 valence electrons. The highest BCUT2D eigenvalue weighted by molar-refractivity contribution is 6.42. The first-order chi connectivity index (χ1) is 10.1. The lowest BCUT2D eigenvalue weighted by Gasteiger charge is -2.22. The van der Waals surface area contributed by atoms with E-state index in [0.29, 0.717) is 29.1 Å². The molecule has 1 aromatic carbocycles. The highest BCUT2D eigenvalue weighted by Crippen LogP contribution is 2.54. The zero-order valence-corrected chi connectivity index (χ0v) is 13.3. The van der Waals surface area contributed by atoms with Crippen LogP contribution in [0.25, 0.3) is 0 Å². The highest BCUT2D eigenvalue weighted by atomic mass is 35.5. The fourth-order valence-electron chi connectivity index (χ4n) is 3.02. The van der Waals surface area contributed by atoms with Crippen molar-refractivity contribution in [3.05, 3.63) is 33.8 Å². The number of aliphatic hydroxyl groups excluding tert-OH is 1. The van der Waals surface area contributed by atoms with Crippen molar-refractivity contribution in [3.8, 4) is 0 Å². The number of rotatable bonds is 6. The predicted molar refractivity (Wildman–Crippen MR) is 83.3 cm³/mol. The molecule has 3 rings (SSSR count). The van der Waals surface area contributed by atoms with Gasteiger partial charge in [-0.05, 0) is 48.8 Å². The second-order valence-electron chi connectivity index (χ2n) is 6.08. The van der Waals surface area contributed by atoms with E-state index in [1.807, 2.05) is 6.07 Å². The van der Waals surface area contributed by atoms with E-state index >= 15 is 0 Å². The Labute approximate surface area is 134 Å². The summed E-state index contributed by atoms with van der Waals surface area (Å²) in [6.07, 6.45) is 3.58. The number of carbonyl (C=O) groups excluding carboxylic acids is 1. The molecule has 0 aliphatic heterocycles. The topological polar surface area (TPSA) is 40.5 Å². The molecule has 21 heavy (non-hydrogen) atoms. The maximum Gasteiger partial charge on any atom is 0.226 e. The lowest BCUT2D eigenvalue weighted by Crippen LogP contribution is -2.34. The molecule has 2 unspecified atom stereocenters. The Bertz CT molecular complexity index is 545. The normalized spacial score (nSPS) is 24.0. The number of benzene rings is 1. The van der Waals surface area contributed by atoms with Crippen molar-refractivity contribution < 1.29 is 9.90 Å². The molecule has 1 N–H and O–H groups in total. The summed E-state index contributed by atoms with van der Waals surface area (Å²) >= 11 is 11.9. The molecule has 1 amide bonds. The Hall–Kier alpha value is -0.770. The van der Waals surface area contributed by atoms with Gasteiger partial charge in [-0.25, -0.2) is 0 Å². The predicted octanol–water partition coefficient (Wildman–Crippen LogP) is 3.36. The number of hydrogen-bond donors (Lipinski definition) is 1.